The number of aliphatic hydroxyl groups is 1. The molecule has 0 amide bonds. The van der Waals surface area contributed by atoms with Gasteiger partial charge in [-0.1, -0.05) is 18.2 Å². The molecule has 3 heteroatoms. The molecule has 3 aromatic rings. The maximum atomic E-state index is 10.5. The first-order chi connectivity index (χ1) is 9.65. The Bertz CT molecular complexity index is 742. The van der Waals surface area contributed by atoms with Gasteiger partial charge in [0.25, 0.3) is 0 Å². The number of nitrogens with zero attached hydrogens (tertiary/aromatic N) is 1. The number of hydrogen-bond donors (Lipinski definition) is 1. The standard InChI is InChI=1S/C17H17NOS/c1-11-9-15(12(2)20-11)17(19)10-13-7-8-18-16-6-4-3-5-14(13)16/h3-9,17,19H,10H2,1-2H3. The van der Waals surface area contributed by atoms with Gasteiger partial charge in [0.15, 0.2) is 0 Å². The minimum Gasteiger partial charge on any atom is -0.388 e. The largest absolute Gasteiger partial charge is 0.388 e. The quantitative estimate of drug-likeness (QED) is 0.782. The molecule has 1 atom stereocenters. The van der Waals surface area contributed by atoms with Crippen molar-refractivity contribution in [2.45, 2.75) is 26.4 Å². The van der Waals surface area contributed by atoms with Gasteiger partial charge in [-0.3, -0.25) is 4.98 Å². The van der Waals surface area contributed by atoms with Crippen molar-refractivity contribution in [3.05, 3.63) is 63.5 Å². The third kappa shape index (κ3) is 2.47. The van der Waals surface area contributed by atoms with Crippen molar-refractivity contribution in [1.82, 2.24) is 4.98 Å². The number of pyridine rings is 1. The van der Waals surface area contributed by atoms with E-state index in [1.165, 1.54) is 9.75 Å². The van der Waals surface area contributed by atoms with Crippen LogP contribution in [-0.4, -0.2) is 10.1 Å². The Labute approximate surface area is 122 Å². The van der Waals surface area contributed by atoms with E-state index in [2.05, 4.69) is 31.0 Å². The number of fused-ring (bicyclic) bond motifs is 1. The van der Waals surface area contributed by atoms with E-state index in [1.807, 2.05) is 30.5 Å². The lowest BCUT2D eigenvalue weighted by molar-refractivity contribution is 0.178. The van der Waals surface area contributed by atoms with Gasteiger partial charge < -0.3 is 5.11 Å². The second-order valence-electron chi connectivity index (χ2n) is 5.08. The summed E-state index contributed by atoms with van der Waals surface area (Å²) in [5, 5.41) is 11.6. The molecule has 3 rings (SSSR count). The summed E-state index contributed by atoms with van der Waals surface area (Å²) in [5.41, 5.74) is 3.18. The first-order valence-electron chi connectivity index (χ1n) is 6.73. The number of para-hydroxylation sites is 1. The molecule has 0 aliphatic carbocycles. The Morgan fingerprint density at radius 2 is 2.00 bits per heavy atom. The van der Waals surface area contributed by atoms with E-state index in [4.69, 9.17) is 0 Å². The number of aliphatic hydroxyl groups excluding tert-OH is 1. The van der Waals surface area contributed by atoms with Gasteiger partial charge in [0, 0.05) is 27.8 Å². The normalized spacial score (nSPS) is 12.8. The zero-order valence-electron chi connectivity index (χ0n) is 11.6. The summed E-state index contributed by atoms with van der Waals surface area (Å²) < 4.78 is 0. The minimum atomic E-state index is -0.453. The molecule has 0 saturated carbocycles. The topological polar surface area (TPSA) is 33.1 Å². The van der Waals surface area contributed by atoms with Crippen molar-refractivity contribution in [2.75, 3.05) is 0 Å². The van der Waals surface area contributed by atoms with Gasteiger partial charge in [-0.25, -0.2) is 0 Å². The SMILES string of the molecule is Cc1cc(C(O)Cc2ccnc3ccccc23)c(C)s1. The highest BCUT2D eigenvalue weighted by Gasteiger charge is 2.15. The zero-order chi connectivity index (χ0) is 14.1. The fourth-order valence-electron chi connectivity index (χ4n) is 2.63. The van der Waals surface area contributed by atoms with Crippen molar-refractivity contribution in [2.24, 2.45) is 0 Å². The second-order valence-corrected chi connectivity index (χ2v) is 6.54. The summed E-state index contributed by atoms with van der Waals surface area (Å²) in [5.74, 6) is 0. The third-order valence-electron chi connectivity index (χ3n) is 3.59. The van der Waals surface area contributed by atoms with Gasteiger partial charge in [-0.2, -0.15) is 0 Å². The van der Waals surface area contributed by atoms with Gasteiger partial charge in [-0.15, -0.1) is 11.3 Å². The number of rotatable bonds is 3. The molecule has 0 aliphatic heterocycles. The summed E-state index contributed by atoms with van der Waals surface area (Å²) in [6.45, 7) is 4.15. The lowest BCUT2D eigenvalue weighted by Crippen LogP contribution is -2.02. The smallest absolute Gasteiger partial charge is 0.0841 e. The van der Waals surface area contributed by atoms with Gasteiger partial charge in [0.1, 0.15) is 0 Å². The van der Waals surface area contributed by atoms with Crippen molar-refractivity contribution in [1.29, 1.82) is 0 Å². The monoisotopic (exact) mass is 283 g/mol. The van der Waals surface area contributed by atoms with Crippen molar-refractivity contribution in [3.8, 4) is 0 Å². The Balaban J connectivity index is 1.95. The molecule has 20 heavy (non-hydrogen) atoms. The zero-order valence-corrected chi connectivity index (χ0v) is 12.4. The summed E-state index contributed by atoms with van der Waals surface area (Å²) in [4.78, 5) is 6.81. The number of aryl methyl sites for hydroxylation is 2. The molecule has 1 aromatic carbocycles. The molecule has 102 valence electrons. The minimum absolute atomic E-state index is 0.453. The van der Waals surface area contributed by atoms with Gasteiger partial charge in [0.2, 0.25) is 0 Å². The van der Waals surface area contributed by atoms with Gasteiger partial charge in [-0.05, 0) is 43.2 Å². The molecule has 1 unspecified atom stereocenters. The third-order valence-corrected chi connectivity index (χ3v) is 4.57. The fraction of sp³-hybridized carbons (Fsp3) is 0.235. The summed E-state index contributed by atoms with van der Waals surface area (Å²) in [6, 6.07) is 12.2. The molecule has 0 bridgehead atoms. The number of hydrogen-bond acceptors (Lipinski definition) is 3. The number of benzene rings is 1. The Kier molecular flexibility index (Phi) is 3.55. The molecule has 0 radical (unpaired) electrons. The van der Waals surface area contributed by atoms with Crippen molar-refractivity contribution < 1.29 is 5.11 Å². The Morgan fingerprint density at radius 1 is 1.20 bits per heavy atom. The lowest BCUT2D eigenvalue weighted by Gasteiger charge is -2.12. The lowest BCUT2D eigenvalue weighted by atomic mass is 9.99. The van der Waals surface area contributed by atoms with Crippen molar-refractivity contribution >= 4 is 22.2 Å². The Morgan fingerprint density at radius 3 is 2.75 bits per heavy atom. The van der Waals surface area contributed by atoms with Crippen LogP contribution < -0.4 is 0 Å². The average Bonchev–Trinajstić information content (AvgIpc) is 2.78. The predicted molar refractivity (Wildman–Crippen MR) is 84.2 cm³/mol. The number of thiophene rings is 1. The first kappa shape index (κ1) is 13.3. The summed E-state index contributed by atoms with van der Waals surface area (Å²) in [6.07, 6.45) is 1.99. The van der Waals surface area contributed by atoms with Gasteiger partial charge in [0.05, 0.1) is 11.6 Å². The van der Waals surface area contributed by atoms with Crippen LogP contribution in [0.15, 0.2) is 42.6 Å². The first-order valence-corrected chi connectivity index (χ1v) is 7.54. The summed E-state index contributed by atoms with van der Waals surface area (Å²) in [7, 11) is 0. The van der Waals surface area contributed by atoms with Crippen molar-refractivity contribution in [3.63, 3.8) is 0 Å². The fourth-order valence-corrected chi connectivity index (χ4v) is 3.61. The highest BCUT2D eigenvalue weighted by Crippen LogP contribution is 2.29. The summed E-state index contributed by atoms with van der Waals surface area (Å²) >= 11 is 1.74. The van der Waals surface area contributed by atoms with Crippen LogP contribution in [0.2, 0.25) is 0 Å². The molecule has 2 heterocycles. The van der Waals surface area contributed by atoms with E-state index in [9.17, 15) is 5.11 Å². The molecule has 0 fully saturated rings. The van der Waals surface area contributed by atoms with Crippen LogP contribution in [0, 0.1) is 13.8 Å². The highest BCUT2D eigenvalue weighted by atomic mass is 32.1. The molecule has 2 nitrogen and oxygen atoms in total. The molecule has 1 N–H and O–H groups in total. The Hall–Kier alpha value is -1.71. The maximum absolute atomic E-state index is 10.5. The predicted octanol–water partition coefficient (Wildman–Crippen LogP) is 4.19. The molecule has 2 aromatic heterocycles. The maximum Gasteiger partial charge on any atom is 0.0841 e. The molecule has 0 aliphatic rings. The van der Waals surface area contributed by atoms with E-state index >= 15 is 0 Å². The molecular formula is C17H17NOS. The van der Waals surface area contributed by atoms with E-state index in [0.717, 1.165) is 22.0 Å². The van der Waals surface area contributed by atoms with E-state index < -0.39 is 6.10 Å². The van der Waals surface area contributed by atoms with Crippen LogP contribution >= 0.6 is 11.3 Å². The van der Waals surface area contributed by atoms with E-state index in [0.29, 0.717) is 6.42 Å². The van der Waals surface area contributed by atoms with Crippen LogP contribution in [0.4, 0.5) is 0 Å². The molecule has 0 spiro atoms. The van der Waals surface area contributed by atoms with Crippen LogP contribution in [0.3, 0.4) is 0 Å². The van der Waals surface area contributed by atoms with Crippen LogP contribution in [0.1, 0.15) is 27.0 Å². The molecular weight excluding hydrogens is 266 g/mol. The van der Waals surface area contributed by atoms with Crippen LogP contribution in [-0.2, 0) is 6.42 Å². The van der Waals surface area contributed by atoms with Gasteiger partial charge >= 0.3 is 0 Å². The van der Waals surface area contributed by atoms with E-state index in [-0.39, 0.29) is 0 Å². The number of aromatic nitrogens is 1. The highest BCUT2D eigenvalue weighted by molar-refractivity contribution is 7.12. The van der Waals surface area contributed by atoms with E-state index in [1.54, 1.807) is 11.3 Å². The van der Waals surface area contributed by atoms with Crippen LogP contribution in [0.25, 0.3) is 10.9 Å². The molecule has 0 saturated heterocycles. The van der Waals surface area contributed by atoms with Crippen LogP contribution in [0.5, 0.6) is 0 Å². The average molecular weight is 283 g/mol. The second kappa shape index (κ2) is 5.35.